The fourth-order valence-corrected chi connectivity index (χ4v) is 5.45. The Morgan fingerprint density at radius 2 is 1.75 bits per heavy atom. The van der Waals surface area contributed by atoms with Gasteiger partial charge in [0.05, 0.1) is 10.0 Å². The minimum absolute atomic E-state index is 0.293. The summed E-state index contributed by atoms with van der Waals surface area (Å²) in [5, 5.41) is 5.52. The molecule has 0 radical (unpaired) electrons. The first-order valence-corrected chi connectivity index (χ1v) is 12.3. The number of benzene rings is 2. The maximum absolute atomic E-state index is 13.1. The van der Waals surface area contributed by atoms with Crippen molar-refractivity contribution in [3.8, 4) is 11.3 Å². The molecule has 0 aliphatic carbocycles. The normalized spacial score (nSPS) is 12.3. The lowest BCUT2D eigenvalue weighted by atomic mass is 9.92. The molecule has 3 rings (SSSR count). The van der Waals surface area contributed by atoms with Crippen LogP contribution in [0.2, 0.25) is 0 Å². The monoisotopic (exact) mass is 475 g/mol. The van der Waals surface area contributed by atoms with Crippen LogP contribution in [0.1, 0.15) is 37.1 Å². The fraction of sp³-hybridized carbons (Fsp3) is 0.227. The zero-order valence-corrected chi connectivity index (χ0v) is 19.2. The number of hydrogen-bond acceptors (Lipinski definition) is 5. The van der Waals surface area contributed by atoms with Gasteiger partial charge in [-0.2, -0.15) is 0 Å². The summed E-state index contributed by atoms with van der Waals surface area (Å²) in [7, 11) is -4.37. The Hall–Kier alpha value is -2.71. The minimum Gasteiger partial charge on any atom is -0.324 e. The first-order valence-electron chi connectivity index (χ1n) is 9.93. The van der Waals surface area contributed by atoms with Gasteiger partial charge >= 0.3 is 7.60 Å². The molecule has 1 aromatic heterocycles. The largest absolute Gasteiger partial charge is 0.335 e. The van der Waals surface area contributed by atoms with Gasteiger partial charge in [0, 0.05) is 17.3 Å². The molecule has 168 valence electrons. The predicted octanol–water partition coefficient (Wildman–Crippen LogP) is 5.19. The third-order valence-corrected chi connectivity index (χ3v) is 8.13. The zero-order chi connectivity index (χ0) is 23.4. The second-order valence-electron chi connectivity index (χ2n) is 7.18. The van der Waals surface area contributed by atoms with Crippen molar-refractivity contribution in [1.29, 1.82) is 0 Å². The lowest BCUT2D eigenvalue weighted by molar-refractivity contribution is -0.111. The van der Waals surface area contributed by atoms with Crippen molar-refractivity contribution in [1.82, 2.24) is 9.59 Å². The number of hydrogen-bond donors (Lipinski definition) is 3. The van der Waals surface area contributed by atoms with E-state index in [4.69, 9.17) is 0 Å². The third kappa shape index (κ3) is 5.02. The Morgan fingerprint density at radius 1 is 1.12 bits per heavy atom. The second kappa shape index (κ2) is 9.83. The number of carbonyl (C=O) groups is 1. The molecular weight excluding hydrogens is 452 g/mol. The Morgan fingerprint density at radius 3 is 2.31 bits per heavy atom. The van der Waals surface area contributed by atoms with E-state index < -0.39 is 12.8 Å². The van der Waals surface area contributed by atoms with Crippen LogP contribution >= 0.6 is 19.1 Å². The highest BCUT2D eigenvalue weighted by Crippen LogP contribution is 2.60. The number of halogens is 1. The lowest BCUT2D eigenvalue weighted by Gasteiger charge is -2.33. The average molecular weight is 475 g/mol. The van der Waals surface area contributed by atoms with Gasteiger partial charge in [-0.3, -0.25) is 9.36 Å². The molecule has 1 heterocycles. The Balaban J connectivity index is 1.73. The summed E-state index contributed by atoms with van der Waals surface area (Å²) in [6.07, 6.45) is 3.51. The van der Waals surface area contributed by atoms with Gasteiger partial charge in [0.2, 0.25) is 5.91 Å². The topological polar surface area (TPSA) is 112 Å². The molecule has 2 aromatic carbocycles. The van der Waals surface area contributed by atoms with E-state index in [2.05, 4.69) is 14.9 Å². The molecule has 0 saturated carbocycles. The van der Waals surface area contributed by atoms with Crippen LogP contribution in [0, 0.1) is 5.82 Å². The van der Waals surface area contributed by atoms with Crippen LogP contribution in [0.4, 0.5) is 10.1 Å². The fourth-order valence-electron chi connectivity index (χ4n) is 3.55. The molecule has 10 heteroatoms. The van der Waals surface area contributed by atoms with Gasteiger partial charge < -0.3 is 15.1 Å². The van der Waals surface area contributed by atoms with E-state index in [1.165, 1.54) is 18.2 Å². The smallest absolute Gasteiger partial charge is 0.324 e. The molecule has 0 spiro atoms. The van der Waals surface area contributed by atoms with E-state index >= 15 is 0 Å². The number of nitrogens with zero attached hydrogens (tertiary/aromatic N) is 2. The van der Waals surface area contributed by atoms with Gasteiger partial charge in [-0.05, 0) is 72.4 Å². The van der Waals surface area contributed by atoms with E-state index in [1.54, 1.807) is 56.3 Å². The van der Waals surface area contributed by atoms with Crippen LogP contribution in [0.5, 0.6) is 0 Å². The summed E-state index contributed by atoms with van der Waals surface area (Å²) in [4.78, 5) is 32.8. The van der Waals surface area contributed by atoms with Crippen LogP contribution in [-0.2, 0) is 14.5 Å². The summed E-state index contributed by atoms with van der Waals surface area (Å²) in [5.74, 6) is -0.737. The summed E-state index contributed by atoms with van der Waals surface area (Å²) >= 11 is 1.11. The molecule has 3 aromatic rings. The molecule has 0 fully saturated rings. The number of amides is 1. The van der Waals surface area contributed by atoms with Crippen molar-refractivity contribution in [2.45, 2.75) is 31.8 Å². The van der Waals surface area contributed by atoms with Crippen LogP contribution < -0.4 is 5.32 Å². The van der Waals surface area contributed by atoms with Gasteiger partial charge in [-0.15, -0.1) is 5.10 Å². The summed E-state index contributed by atoms with van der Waals surface area (Å²) in [5.41, 5.74) is 2.27. The van der Waals surface area contributed by atoms with Crippen LogP contribution in [-0.4, -0.2) is 25.3 Å². The number of nitrogens with one attached hydrogen (secondary N) is 1. The van der Waals surface area contributed by atoms with Gasteiger partial charge in [-0.1, -0.05) is 30.5 Å². The number of carbonyl (C=O) groups excluding carboxylic acids is 1. The van der Waals surface area contributed by atoms with E-state index in [1.807, 2.05) is 0 Å². The first kappa shape index (κ1) is 23.9. The maximum Gasteiger partial charge on any atom is 0.335 e. The maximum atomic E-state index is 13.1. The zero-order valence-electron chi connectivity index (χ0n) is 17.5. The van der Waals surface area contributed by atoms with Crippen molar-refractivity contribution in [3.63, 3.8) is 0 Å². The molecule has 0 bridgehead atoms. The van der Waals surface area contributed by atoms with Crippen molar-refractivity contribution >= 4 is 36.8 Å². The molecule has 0 saturated heterocycles. The summed E-state index contributed by atoms with van der Waals surface area (Å²) < 4.78 is 29.2. The van der Waals surface area contributed by atoms with Crippen molar-refractivity contribution < 1.29 is 23.5 Å². The van der Waals surface area contributed by atoms with Gasteiger partial charge in [0.15, 0.2) is 0 Å². The van der Waals surface area contributed by atoms with Crippen LogP contribution in [0.25, 0.3) is 17.3 Å². The van der Waals surface area contributed by atoms with E-state index in [9.17, 15) is 23.5 Å². The number of aromatic nitrogens is 2. The molecule has 7 nitrogen and oxygen atoms in total. The Bertz CT molecular complexity index is 1150. The molecule has 0 aliphatic heterocycles. The summed E-state index contributed by atoms with van der Waals surface area (Å²) in [6, 6.07) is 12.3. The van der Waals surface area contributed by atoms with E-state index in [0.29, 0.717) is 40.2 Å². The molecule has 0 atom stereocenters. The first-order chi connectivity index (χ1) is 15.2. The highest BCUT2D eigenvalue weighted by molar-refractivity contribution is 7.53. The predicted molar refractivity (Wildman–Crippen MR) is 124 cm³/mol. The van der Waals surface area contributed by atoms with Crippen LogP contribution in [0.15, 0.2) is 54.6 Å². The highest BCUT2D eigenvalue weighted by atomic mass is 32.1. The van der Waals surface area contributed by atoms with Crippen molar-refractivity contribution in [2.75, 3.05) is 5.32 Å². The summed E-state index contributed by atoms with van der Waals surface area (Å²) in [6.45, 7) is 3.50. The molecule has 1 amide bonds. The van der Waals surface area contributed by atoms with Crippen LogP contribution in [0.3, 0.4) is 0 Å². The quantitative estimate of drug-likeness (QED) is 0.305. The third-order valence-electron chi connectivity index (χ3n) is 5.43. The number of anilines is 1. The van der Waals surface area contributed by atoms with Gasteiger partial charge in [-0.25, -0.2) is 4.39 Å². The van der Waals surface area contributed by atoms with Crippen molar-refractivity contribution in [2.24, 2.45) is 0 Å². The van der Waals surface area contributed by atoms with Gasteiger partial charge in [0.1, 0.15) is 11.5 Å². The van der Waals surface area contributed by atoms with E-state index in [-0.39, 0.29) is 11.7 Å². The van der Waals surface area contributed by atoms with Crippen molar-refractivity contribution in [3.05, 3.63) is 70.9 Å². The highest BCUT2D eigenvalue weighted by Gasteiger charge is 2.45. The standard InChI is InChI=1S/C22H23FN3O4PS/c1-3-22(4-2,31(28,29)30)16-7-11-18(12-8-16)24-20(27)14-13-19-21(25-26-32-19)15-5-9-17(23)10-6-15/h5-14H,3-4H2,1-2H3,(H,24,27)(H2,28,29,30). The second-order valence-corrected chi connectivity index (χ2v) is 9.91. The molecule has 3 N–H and O–H groups in total. The SMILES string of the molecule is CCC(CC)(c1ccc(NC(=O)C=Cc2snnc2-c2ccc(F)cc2)cc1)P(=O)(O)O. The van der Waals surface area contributed by atoms with Gasteiger partial charge in [0.25, 0.3) is 0 Å². The lowest BCUT2D eigenvalue weighted by Crippen LogP contribution is -2.24. The van der Waals surface area contributed by atoms with E-state index in [0.717, 1.165) is 11.5 Å². The molecule has 0 aliphatic rings. The minimum atomic E-state index is -4.37. The number of rotatable bonds is 8. The molecule has 0 unspecified atom stereocenters. The Labute approximate surface area is 189 Å². The average Bonchev–Trinajstić information content (AvgIpc) is 3.23. The Kier molecular flexibility index (Phi) is 7.36. The molecule has 32 heavy (non-hydrogen) atoms. The molecular formula is C22H23FN3O4PS.